The standard InChI is InChI=1S/C16H20N4O2/c1-2-16(12-21)6-4-8-19(16)15(22)13-9-18-20(11-13)14-5-3-7-17-10-14/h3,5,7,9-11,21H,2,4,6,8,12H2,1H3. The molecule has 1 unspecified atom stereocenters. The first-order valence-electron chi connectivity index (χ1n) is 7.58. The molecule has 0 radical (unpaired) electrons. The minimum Gasteiger partial charge on any atom is -0.394 e. The maximum atomic E-state index is 12.8. The molecule has 0 spiro atoms. The molecule has 22 heavy (non-hydrogen) atoms. The molecule has 1 atom stereocenters. The van der Waals surface area contributed by atoms with E-state index < -0.39 is 5.54 Å². The van der Waals surface area contributed by atoms with Crippen LogP contribution in [0.5, 0.6) is 0 Å². The molecule has 0 aliphatic carbocycles. The Balaban J connectivity index is 1.86. The van der Waals surface area contributed by atoms with Crippen molar-refractivity contribution < 1.29 is 9.90 Å². The number of hydrogen-bond donors (Lipinski definition) is 1. The summed E-state index contributed by atoms with van der Waals surface area (Å²) in [6.45, 7) is 2.71. The van der Waals surface area contributed by atoms with Crippen molar-refractivity contribution in [1.29, 1.82) is 0 Å². The zero-order valence-electron chi connectivity index (χ0n) is 12.6. The molecule has 2 aromatic heterocycles. The Morgan fingerprint density at radius 1 is 1.45 bits per heavy atom. The summed E-state index contributed by atoms with van der Waals surface area (Å²) in [6, 6.07) is 3.71. The maximum absolute atomic E-state index is 12.8. The summed E-state index contributed by atoms with van der Waals surface area (Å²) >= 11 is 0. The zero-order chi connectivity index (χ0) is 15.6. The van der Waals surface area contributed by atoms with Crippen LogP contribution in [0.4, 0.5) is 0 Å². The highest BCUT2D eigenvalue weighted by atomic mass is 16.3. The van der Waals surface area contributed by atoms with Gasteiger partial charge in [-0.05, 0) is 31.4 Å². The van der Waals surface area contributed by atoms with Gasteiger partial charge in [0, 0.05) is 18.9 Å². The highest BCUT2D eigenvalue weighted by molar-refractivity contribution is 5.94. The second-order valence-corrected chi connectivity index (χ2v) is 5.68. The molecule has 6 nitrogen and oxygen atoms in total. The van der Waals surface area contributed by atoms with E-state index >= 15 is 0 Å². The molecule has 116 valence electrons. The fraction of sp³-hybridized carbons (Fsp3) is 0.438. The van der Waals surface area contributed by atoms with E-state index in [0.29, 0.717) is 12.1 Å². The lowest BCUT2D eigenvalue weighted by atomic mass is 9.93. The molecule has 1 aliphatic rings. The topological polar surface area (TPSA) is 71.2 Å². The Hall–Kier alpha value is -2.21. The van der Waals surface area contributed by atoms with Gasteiger partial charge >= 0.3 is 0 Å². The van der Waals surface area contributed by atoms with Crippen LogP contribution in [0.25, 0.3) is 5.69 Å². The van der Waals surface area contributed by atoms with Crippen molar-refractivity contribution >= 4 is 5.91 Å². The third kappa shape index (κ3) is 2.39. The van der Waals surface area contributed by atoms with Crippen LogP contribution in [-0.4, -0.2) is 49.4 Å². The van der Waals surface area contributed by atoms with Gasteiger partial charge in [-0.2, -0.15) is 5.10 Å². The van der Waals surface area contributed by atoms with Crippen molar-refractivity contribution in [1.82, 2.24) is 19.7 Å². The van der Waals surface area contributed by atoms with Gasteiger partial charge in [0.15, 0.2) is 0 Å². The summed E-state index contributed by atoms with van der Waals surface area (Å²) in [7, 11) is 0. The molecule has 2 aromatic rings. The number of aliphatic hydroxyl groups is 1. The van der Waals surface area contributed by atoms with E-state index in [1.54, 1.807) is 34.4 Å². The first kappa shape index (κ1) is 14.7. The molecular weight excluding hydrogens is 280 g/mol. The number of aromatic nitrogens is 3. The number of pyridine rings is 1. The first-order valence-corrected chi connectivity index (χ1v) is 7.58. The number of hydrogen-bond acceptors (Lipinski definition) is 4. The number of amides is 1. The molecule has 0 saturated carbocycles. The average molecular weight is 300 g/mol. The molecule has 3 rings (SSSR count). The van der Waals surface area contributed by atoms with Crippen LogP contribution in [0.1, 0.15) is 36.5 Å². The fourth-order valence-electron chi connectivity index (χ4n) is 3.12. The van der Waals surface area contributed by atoms with Crippen LogP contribution in [0.2, 0.25) is 0 Å². The van der Waals surface area contributed by atoms with E-state index in [9.17, 15) is 9.90 Å². The minimum atomic E-state index is -0.423. The SMILES string of the molecule is CCC1(CO)CCCN1C(=O)c1cnn(-c2cccnc2)c1. The molecule has 1 saturated heterocycles. The Labute approximate surface area is 129 Å². The Morgan fingerprint density at radius 3 is 3.00 bits per heavy atom. The first-order chi connectivity index (χ1) is 10.7. The van der Waals surface area contributed by atoms with Gasteiger partial charge in [0.2, 0.25) is 0 Å². The van der Waals surface area contributed by atoms with Crippen molar-refractivity contribution in [2.45, 2.75) is 31.7 Å². The van der Waals surface area contributed by atoms with E-state index in [1.807, 2.05) is 19.1 Å². The van der Waals surface area contributed by atoms with Crippen LogP contribution < -0.4 is 0 Å². The average Bonchev–Trinajstić information content (AvgIpc) is 3.22. The monoisotopic (exact) mass is 300 g/mol. The van der Waals surface area contributed by atoms with E-state index in [1.165, 1.54) is 0 Å². The Morgan fingerprint density at radius 2 is 2.32 bits per heavy atom. The number of nitrogens with zero attached hydrogens (tertiary/aromatic N) is 4. The predicted molar refractivity (Wildman–Crippen MR) is 81.7 cm³/mol. The maximum Gasteiger partial charge on any atom is 0.257 e. The minimum absolute atomic E-state index is 0.00593. The molecule has 0 bridgehead atoms. The lowest BCUT2D eigenvalue weighted by molar-refractivity contribution is 0.0397. The lowest BCUT2D eigenvalue weighted by Gasteiger charge is -2.36. The van der Waals surface area contributed by atoms with Crippen molar-refractivity contribution in [2.24, 2.45) is 0 Å². The predicted octanol–water partition coefficient (Wildman–Crippen LogP) is 1.64. The summed E-state index contributed by atoms with van der Waals surface area (Å²) in [5.41, 5.74) is 0.928. The van der Waals surface area contributed by atoms with Gasteiger partial charge in [-0.3, -0.25) is 9.78 Å². The molecule has 1 N–H and O–H groups in total. The van der Waals surface area contributed by atoms with Gasteiger partial charge in [0.05, 0.1) is 35.8 Å². The van der Waals surface area contributed by atoms with Gasteiger partial charge in [0.1, 0.15) is 0 Å². The largest absolute Gasteiger partial charge is 0.394 e. The second kappa shape index (κ2) is 5.88. The Kier molecular flexibility index (Phi) is 3.94. The van der Waals surface area contributed by atoms with Crippen LogP contribution in [0, 0.1) is 0 Å². The van der Waals surface area contributed by atoms with Crippen molar-refractivity contribution in [3.8, 4) is 5.69 Å². The van der Waals surface area contributed by atoms with Crippen molar-refractivity contribution in [3.63, 3.8) is 0 Å². The van der Waals surface area contributed by atoms with E-state index in [0.717, 1.165) is 24.9 Å². The Bertz CT molecular complexity index is 649. The summed E-state index contributed by atoms with van der Waals surface area (Å²) in [5.74, 6) is -0.0662. The third-order valence-electron chi connectivity index (χ3n) is 4.53. The number of rotatable bonds is 4. The van der Waals surface area contributed by atoms with E-state index in [4.69, 9.17) is 0 Å². The summed E-state index contributed by atoms with van der Waals surface area (Å²) in [5, 5.41) is 14.0. The number of likely N-dealkylation sites (tertiary alicyclic amines) is 1. The highest BCUT2D eigenvalue weighted by Crippen LogP contribution is 2.33. The molecule has 3 heterocycles. The molecular formula is C16H20N4O2. The fourth-order valence-corrected chi connectivity index (χ4v) is 3.12. The number of carbonyl (C=O) groups is 1. The molecule has 1 aliphatic heterocycles. The summed E-state index contributed by atoms with van der Waals surface area (Å²) in [6.07, 6.45) is 9.22. The van der Waals surface area contributed by atoms with Gasteiger partial charge in [-0.25, -0.2) is 4.68 Å². The zero-order valence-corrected chi connectivity index (χ0v) is 12.6. The number of carbonyl (C=O) groups excluding carboxylic acids is 1. The molecule has 0 aromatic carbocycles. The van der Waals surface area contributed by atoms with Gasteiger partial charge in [0.25, 0.3) is 5.91 Å². The van der Waals surface area contributed by atoms with E-state index in [-0.39, 0.29) is 12.5 Å². The normalized spacial score (nSPS) is 21.3. The molecule has 1 fully saturated rings. The van der Waals surface area contributed by atoms with Crippen LogP contribution in [0.15, 0.2) is 36.9 Å². The van der Waals surface area contributed by atoms with Crippen molar-refractivity contribution in [2.75, 3.05) is 13.2 Å². The van der Waals surface area contributed by atoms with Crippen LogP contribution >= 0.6 is 0 Å². The second-order valence-electron chi connectivity index (χ2n) is 5.68. The smallest absolute Gasteiger partial charge is 0.257 e. The molecule has 1 amide bonds. The van der Waals surface area contributed by atoms with Crippen molar-refractivity contribution in [3.05, 3.63) is 42.5 Å². The van der Waals surface area contributed by atoms with Crippen LogP contribution in [-0.2, 0) is 0 Å². The molecule has 6 heteroatoms. The van der Waals surface area contributed by atoms with E-state index in [2.05, 4.69) is 10.1 Å². The van der Waals surface area contributed by atoms with Crippen LogP contribution in [0.3, 0.4) is 0 Å². The van der Waals surface area contributed by atoms with Gasteiger partial charge in [-0.15, -0.1) is 0 Å². The van der Waals surface area contributed by atoms with Gasteiger partial charge < -0.3 is 10.0 Å². The van der Waals surface area contributed by atoms with Gasteiger partial charge in [-0.1, -0.05) is 6.92 Å². The summed E-state index contributed by atoms with van der Waals surface area (Å²) in [4.78, 5) is 18.6. The third-order valence-corrected chi connectivity index (χ3v) is 4.53. The highest BCUT2D eigenvalue weighted by Gasteiger charge is 2.42. The number of aliphatic hydroxyl groups excluding tert-OH is 1. The lowest BCUT2D eigenvalue weighted by Crippen LogP contribution is -2.49. The quantitative estimate of drug-likeness (QED) is 0.932. The summed E-state index contributed by atoms with van der Waals surface area (Å²) < 4.78 is 1.64.